The van der Waals surface area contributed by atoms with Crippen LogP contribution < -0.4 is 11.3 Å². The molecule has 4 nitrogen and oxygen atoms in total. The summed E-state index contributed by atoms with van der Waals surface area (Å²) in [7, 11) is 0. The smallest absolute Gasteiger partial charge is 0.134 e. The standard InChI is InChI=1S/C16H17N3O/c1-10-3-4-14-12(7-10)8-15(20-14)16(19-17)13-5-6-18-9-11(13)2/h3-9,16,19H,17H2,1-2H3. The fourth-order valence-electron chi connectivity index (χ4n) is 2.46. The zero-order valence-electron chi connectivity index (χ0n) is 11.6. The Morgan fingerprint density at radius 2 is 2.05 bits per heavy atom. The Balaban J connectivity index is 2.10. The first-order valence-corrected chi connectivity index (χ1v) is 6.56. The second-order valence-electron chi connectivity index (χ2n) is 5.02. The number of aryl methyl sites for hydroxylation is 2. The average Bonchev–Trinajstić information content (AvgIpc) is 2.84. The van der Waals surface area contributed by atoms with Crippen LogP contribution in [-0.2, 0) is 0 Å². The van der Waals surface area contributed by atoms with Gasteiger partial charge in [-0.1, -0.05) is 11.6 Å². The lowest BCUT2D eigenvalue weighted by atomic mass is 10.0. The summed E-state index contributed by atoms with van der Waals surface area (Å²) in [5.74, 6) is 6.53. The number of hydrogen-bond donors (Lipinski definition) is 2. The third-order valence-corrected chi connectivity index (χ3v) is 3.52. The SMILES string of the molecule is Cc1ccc2oc(C(NN)c3ccncc3C)cc2c1. The van der Waals surface area contributed by atoms with E-state index < -0.39 is 0 Å². The number of benzene rings is 1. The zero-order valence-corrected chi connectivity index (χ0v) is 11.6. The van der Waals surface area contributed by atoms with E-state index in [4.69, 9.17) is 10.3 Å². The maximum atomic E-state index is 5.92. The normalized spacial score (nSPS) is 12.8. The number of fused-ring (bicyclic) bond motifs is 1. The molecule has 0 radical (unpaired) electrons. The maximum Gasteiger partial charge on any atom is 0.134 e. The minimum atomic E-state index is -0.175. The Bertz CT molecular complexity index is 748. The Labute approximate surface area is 117 Å². The lowest BCUT2D eigenvalue weighted by Gasteiger charge is -2.15. The molecule has 4 heteroatoms. The summed E-state index contributed by atoms with van der Waals surface area (Å²) >= 11 is 0. The third kappa shape index (κ3) is 2.19. The van der Waals surface area contributed by atoms with Crippen molar-refractivity contribution in [2.45, 2.75) is 19.9 Å². The van der Waals surface area contributed by atoms with E-state index in [1.807, 2.05) is 37.4 Å². The van der Waals surface area contributed by atoms with Gasteiger partial charge in [-0.25, -0.2) is 5.43 Å². The molecule has 3 rings (SSSR count). The van der Waals surface area contributed by atoms with Crippen molar-refractivity contribution in [1.82, 2.24) is 10.4 Å². The average molecular weight is 267 g/mol. The first-order chi connectivity index (χ1) is 9.69. The predicted molar refractivity (Wildman–Crippen MR) is 79.1 cm³/mol. The number of aromatic nitrogens is 1. The van der Waals surface area contributed by atoms with E-state index in [2.05, 4.69) is 23.4 Å². The van der Waals surface area contributed by atoms with Crippen molar-refractivity contribution in [2.75, 3.05) is 0 Å². The van der Waals surface area contributed by atoms with Crippen molar-refractivity contribution in [1.29, 1.82) is 0 Å². The van der Waals surface area contributed by atoms with Crippen LogP contribution in [0.2, 0.25) is 0 Å². The molecule has 0 spiro atoms. The Morgan fingerprint density at radius 1 is 1.20 bits per heavy atom. The number of nitrogens with two attached hydrogens (primary N) is 1. The van der Waals surface area contributed by atoms with Gasteiger partial charge >= 0.3 is 0 Å². The fraction of sp³-hybridized carbons (Fsp3) is 0.188. The monoisotopic (exact) mass is 267 g/mol. The van der Waals surface area contributed by atoms with Gasteiger partial charge in [0.1, 0.15) is 17.4 Å². The number of furan rings is 1. The first kappa shape index (κ1) is 12.8. The Morgan fingerprint density at radius 3 is 2.80 bits per heavy atom. The molecule has 0 fully saturated rings. The van der Waals surface area contributed by atoms with Crippen molar-refractivity contribution in [2.24, 2.45) is 5.84 Å². The van der Waals surface area contributed by atoms with Gasteiger partial charge in [-0.2, -0.15) is 0 Å². The third-order valence-electron chi connectivity index (χ3n) is 3.52. The lowest BCUT2D eigenvalue weighted by molar-refractivity contribution is 0.476. The molecule has 3 N–H and O–H groups in total. The predicted octanol–water partition coefficient (Wildman–Crippen LogP) is 3.00. The molecule has 20 heavy (non-hydrogen) atoms. The molecule has 3 aromatic rings. The van der Waals surface area contributed by atoms with Crippen LogP contribution in [-0.4, -0.2) is 4.98 Å². The van der Waals surface area contributed by atoms with Gasteiger partial charge in [0, 0.05) is 17.8 Å². The van der Waals surface area contributed by atoms with Gasteiger partial charge < -0.3 is 4.42 Å². The van der Waals surface area contributed by atoms with Gasteiger partial charge in [-0.05, 0) is 49.2 Å². The van der Waals surface area contributed by atoms with E-state index in [1.165, 1.54) is 5.56 Å². The molecule has 0 saturated carbocycles. The van der Waals surface area contributed by atoms with Crippen molar-refractivity contribution in [3.63, 3.8) is 0 Å². The van der Waals surface area contributed by atoms with Gasteiger partial charge in [-0.15, -0.1) is 0 Å². The minimum absolute atomic E-state index is 0.175. The molecule has 1 atom stereocenters. The molecule has 0 aliphatic heterocycles. The summed E-state index contributed by atoms with van der Waals surface area (Å²) in [4.78, 5) is 4.11. The molecule has 0 bridgehead atoms. The van der Waals surface area contributed by atoms with E-state index in [1.54, 1.807) is 6.20 Å². The molecular formula is C16H17N3O. The zero-order chi connectivity index (χ0) is 14.1. The highest BCUT2D eigenvalue weighted by Crippen LogP contribution is 2.29. The summed E-state index contributed by atoms with van der Waals surface area (Å²) in [6.07, 6.45) is 3.59. The van der Waals surface area contributed by atoms with Crippen LogP contribution in [0.3, 0.4) is 0 Å². The van der Waals surface area contributed by atoms with Crippen molar-refractivity contribution in [3.8, 4) is 0 Å². The van der Waals surface area contributed by atoms with E-state index in [0.29, 0.717) is 0 Å². The van der Waals surface area contributed by atoms with Crippen LogP contribution in [0.1, 0.15) is 28.5 Å². The highest BCUT2D eigenvalue weighted by atomic mass is 16.3. The van der Waals surface area contributed by atoms with E-state index in [9.17, 15) is 0 Å². The molecular weight excluding hydrogens is 250 g/mol. The number of hydrogen-bond acceptors (Lipinski definition) is 4. The molecule has 1 unspecified atom stereocenters. The summed E-state index contributed by atoms with van der Waals surface area (Å²) in [6, 6.07) is 9.95. The molecule has 0 saturated heterocycles. The number of hydrazine groups is 1. The van der Waals surface area contributed by atoms with Gasteiger partial charge in [-0.3, -0.25) is 10.8 Å². The molecule has 102 valence electrons. The molecule has 1 aromatic carbocycles. The van der Waals surface area contributed by atoms with E-state index in [0.717, 1.165) is 27.9 Å². The van der Waals surface area contributed by atoms with Gasteiger partial charge in [0.2, 0.25) is 0 Å². The number of nitrogens with zero attached hydrogens (tertiary/aromatic N) is 1. The number of rotatable bonds is 3. The second-order valence-corrected chi connectivity index (χ2v) is 5.02. The molecule has 0 amide bonds. The van der Waals surface area contributed by atoms with E-state index >= 15 is 0 Å². The Hall–Kier alpha value is -2.17. The topological polar surface area (TPSA) is 64.1 Å². The van der Waals surface area contributed by atoms with Crippen LogP contribution in [0.5, 0.6) is 0 Å². The molecule has 2 aromatic heterocycles. The second kappa shape index (κ2) is 5.07. The van der Waals surface area contributed by atoms with E-state index in [-0.39, 0.29) is 6.04 Å². The largest absolute Gasteiger partial charge is 0.459 e. The first-order valence-electron chi connectivity index (χ1n) is 6.56. The van der Waals surface area contributed by atoms with Crippen LogP contribution >= 0.6 is 0 Å². The van der Waals surface area contributed by atoms with Crippen LogP contribution in [0.4, 0.5) is 0 Å². The summed E-state index contributed by atoms with van der Waals surface area (Å²) in [5.41, 5.74) is 7.06. The molecule has 0 aliphatic rings. The fourth-order valence-corrected chi connectivity index (χ4v) is 2.46. The van der Waals surface area contributed by atoms with Crippen LogP contribution in [0.25, 0.3) is 11.0 Å². The van der Waals surface area contributed by atoms with Crippen LogP contribution in [0.15, 0.2) is 47.1 Å². The lowest BCUT2D eigenvalue weighted by Crippen LogP contribution is -2.29. The van der Waals surface area contributed by atoms with Gasteiger partial charge in [0.25, 0.3) is 0 Å². The van der Waals surface area contributed by atoms with Crippen LogP contribution in [0, 0.1) is 13.8 Å². The molecule has 0 aliphatic carbocycles. The summed E-state index contributed by atoms with van der Waals surface area (Å²) in [5, 5.41) is 1.09. The Kier molecular flexibility index (Phi) is 3.26. The summed E-state index contributed by atoms with van der Waals surface area (Å²) < 4.78 is 5.92. The van der Waals surface area contributed by atoms with Crippen molar-refractivity contribution in [3.05, 3.63) is 65.2 Å². The van der Waals surface area contributed by atoms with Gasteiger partial charge in [0.05, 0.1) is 0 Å². The minimum Gasteiger partial charge on any atom is -0.459 e. The number of nitrogens with one attached hydrogen (secondary N) is 1. The van der Waals surface area contributed by atoms with Crippen molar-refractivity contribution >= 4 is 11.0 Å². The highest BCUT2D eigenvalue weighted by molar-refractivity contribution is 5.79. The molecule has 2 heterocycles. The van der Waals surface area contributed by atoms with Crippen molar-refractivity contribution < 1.29 is 4.42 Å². The highest BCUT2D eigenvalue weighted by Gasteiger charge is 2.18. The maximum absolute atomic E-state index is 5.92. The van der Waals surface area contributed by atoms with Gasteiger partial charge in [0.15, 0.2) is 0 Å². The quantitative estimate of drug-likeness (QED) is 0.565. The number of pyridine rings is 1. The summed E-state index contributed by atoms with van der Waals surface area (Å²) in [6.45, 7) is 4.08.